The number of fused-ring (bicyclic) bond motifs is 1. The fraction of sp³-hybridized carbons (Fsp3) is 0.0556. The van der Waals surface area contributed by atoms with E-state index >= 15 is 0 Å². The lowest BCUT2D eigenvalue weighted by Gasteiger charge is -2.03. The van der Waals surface area contributed by atoms with Crippen LogP contribution < -0.4 is 4.74 Å². The Labute approximate surface area is 145 Å². The summed E-state index contributed by atoms with van der Waals surface area (Å²) in [5, 5.41) is 0. The fourth-order valence-corrected chi connectivity index (χ4v) is 2.50. The number of hydrogen-bond donors (Lipinski definition) is 0. The normalized spacial score (nSPS) is 11.0. The van der Waals surface area contributed by atoms with Crippen LogP contribution in [0.5, 0.6) is 5.75 Å². The van der Waals surface area contributed by atoms with Crippen LogP contribution in [0.15, 0.2) is 55.2 Å². The summed E-state index contributed by atoms with van der Waals surface area (Å²) >= 11 is 0. The van der Waals surface area contributed by atoms with Gasteiger partial charge in [-0.15, -0.1) is 0 Å². The number of halogens is 3. The highest BCUT2D eigenvalue weighted by Gasteiger charge is 2.10. The van der Waals surface area contributed by atoms with Crippen LogP contribution in [-0.4, -0.2) is 19.4 Å². The van der Waals surface area contributed by atoms with Crippen LogP contribution in [0, 0.1) is 17.5 Å². The summed E-state index contributed by atoms with van der Waals surface area (Å²) in [7, 11) is 0. The average molecular weight is 356 g/mol. The van der Waals surface area contributed by atoms with Gasteiger partial charge < -0.3 is 4.74 Å². The van der Waals surface area contributed by atoms with Gasteiger partial charge in [-0.05, 0) is 12.1 Å². The predicted octanol–water partition coefficient (Wildman–Crippen LogP) is 3.79. The Bertz CT molecular complexity index is 1100. The molecular formula is C18H11F3N4O. The molecule has 0 aliphatic rings. The molecule has 0 N–H and O–H groups in total. The molecule has 0 unspecified atom stereocenters. The molecular weight excluding hydrogens is 345 g/mol. The second-order valence-corrected chi connectivity index (χ2v) is 5.53. The highest BCUT2D eigenvalue weighted by atomic mass is 19.1. The quantitative estimate of drug-likeness (QED) is 0.558. The monoisotopic (exact) mass is 356 g/mol. The van der Waals surface area contributed by atoms with Crippen molar-refractivity contribution in [2.24, 2.45) is 0 Å². The van der Waals surface area contributed by atoms with E-state index in [2.05, 4.69) is 15.0 Å². The Hall–Kier alpha value is -3.42. The molecule has 4 rings (SSSR count). The number of ether oxygens (including phenoxy) is 1. The van der Waals surface area contributed by atoms with Gasteiger partial charge in [0, 0.05) is 41.9 Å². The second kappa shape index (κ2) is 6.47. The maximum atomic E-state index is 13.9. The number of nitrogens with zero attached hydrogens (tertiary/aromatic N) is 4. The average Bonchev–Trinajstić information content (AvgIpc) is 3.02. The summed E-state index contributed by atoms with van der Waals surface area (Å²) in [5.74, 6) is -1.14. The predicted molar refractivity (Wildman–Crippen MR) is 86.9 cm³/mol. The van der Waals surface area contributed by atoms with Crippen molar-refractivity contribution < 1.29 is 17.9 Å². The highest BCUT2D eigenvalue weighted by Crippen LogP contribution is 2.23. The summed E-state index contributed by atoms with van der Waals surface area (Å²) in [5.41, 5.74) is 1.27. The molecule has 130 valence electrons. The minimum absolute atomic E-state index is 0.0920. The first-order chi connectivity index (χ1) is 12.6. The lowest BCUT2D eigenvalue weighted by atomic mass is 10.1. The van der Waals surface area contributed by atoms with E-state index in [-0.39, 0.29) is 17.9 Å². The van der Waals surface area contributed by atoms with E-state index in [4.69, 9.17) is 4.74 Å². The molecule has 1 aromatic carbocycles. The Morgan fingerprint density at radius 2 is 1.85 bits per heavy atom. The maximum absolute atomic E-state index is 13.9. The van der Waals surface area contributed by atoms with Crippen LogP contribution in [0.2, 0.25) is 0 Å². The van der Waals surface area contributed by atoms with Crippen LogP contribution in [0.3, 0.4) is 0 Å². The van der Waals surface area contributed by atoms with Crippen molar-refractivity contribution in [1.29, 1.82) is 0 Å². The molecule has 0 amide bonds. The smallest absolute Gasteiger partial charge is 0.234 e. The largest absolute Gasteiger partial charge is 0.486 e. The van der Waals surface area contributed by atoms with Crippen LogP contribution >= 0.6 is 0 Å². The van der Waals surface area contributed by atoms with Gasteiger partial charge in [0.05, 0.1) is 18.1 Å². The molecule has 0 aliphatic heterocycles. The molecule has 0 atom stereocenters. The Balaban J connectivity index is 1.59. The number of rotatable bonds is 4. The number of pyridine rings is 1. The van der Waals surface area contributed by atoms with Gasteiger partial charge in [0.25, 0.3) is 0 Å². The van der Waals surface area contributed by atoms with Crippen LogP contribution in [-0.2, 0) is 6.61 Å². The maximum Gasteiger partial charge on any atom is 0.234 e. The van der Waals surface area contributed by atoms with Gasteiger partial charge in [0.1, 0.15) is 29.8 Å². The molecule has 8 heteroatoms. The van der Waals surface area contributed by atoms with E-state index in [1.54, 1.807) is 16.8 Å². The Morgan fingerprint density at radius 3 is 2.65 bits per heavy atom. The summed E-state index contributed by atoms with van der Waals surface area (Å²) in [4.78, 5) is 12.2. The number of hydrogen-bond acceptors (Lipinski definition) is 4. The van der Waals surface area contributed by atoms with E-state index in [1.165, 1.54) is 30.6 Å². The van der Waals surface area contributed by atoms with Gasteiger partial charge >= 0.3 is 0 Å². The van der Waals surface area contributed by atoms with Crippen molar-refractivity contribution in [2.75, 3.05) is 0 Å². The molecule has 0 radical (unpaired) electrons. The molecule has 0 spiro atoms. The summed E-state index contributed by atoms with van der Waals surface area (Å²) in [6.45, 7) is 0.0920. The molecule has 4 aromatic rings. The summed E-state index contributed by atoms with van der Waals surface area (Å²) < 4.78 is 47.1. The van der Waals surface area contributed by atoms with E-state index in [0.29, 0.717) is 17.0 Å². The van der Waals surface area contributed by atoms with Gasteiger partial charge in [0.15, 0.2) is 0 Å². The van der Waals surface area contributed by atoms with E-state index in [1.807, 2.05) is 0 Å². The van der Waals surface area contributed by atoms with Crippen molar-refractivity contribution in [3.8, 4) is 16.9 Å². The lowest BCUT2D eigenvalue weighted by molar-refractivity contribution is 0.299. The lowest BCUT2D eigenvalue weighted by Crippen LogP contribution is -1.96. The van der Waals surface area contributed by atoms with Crippen molar-refractivity contribution in [3.63, 3.8) is 0 Å². The van der Waals surface area contributed by atoms with Crippen molar-refractivity contribution >= 4 is 5.78 Å². The van der Waals surface area contributed by atoms with Gasteiger partial charge in [-0.2, -0.15) is 0 Å². The molecule has 0 saturated carbocycles. The molecule has 3 heterocycles. The van der Waals surface area contributed by atoms with Gasteiger partial charge in [-0.3, -0.25) is 9.38 Å². The van der Waals surface area contributed by atoms with E-state index < -0.39 is 17.5 Å². The third-order valence-corrected chi connectivity index (χ3v) is 3.67. The van der Waals surface area contributed by atoms with Crippen molar-refractivity contribution in [2.45, 2.75) is 6.61 Å². The number of imidazole rings is 1. The Kier molecular flexibility index (Phi) is 4.00. The van der Waals surface area contributed by atoms with Crippen LogP contribution in [0.25, 0.3) is 16.9 Å². The molecule has 0 aliphatic carbocycles. The first kappa shape index (κ1) is 16.1. The van der Waals surface area contributed by atoms with Crippen molar-refractivity contribution in [3.05, 3.63) is 78.4 Å². The van der Waals surface area contributed by atoms with E-state index in [0.717, 1.165) is 12.3 Å². The third kappa shape index (κ3) is 3.21. The molecule has 0 saturated heterocycles. The van der Waals surface area contributed by atoms with Crippen LogP contribution in [0.4, 0.5) is 13.2 Å². The minimum Gasteiger partial charge on any atom is -0.486 e. The van der Waals surface area contributed by atoms with Gasteiger partial charge in [-0.25, -0.2) is 23.1 Å². The molecule has 5 nitrogen and oxygen atoms in total. The van der Waals surface area contributed by atoms with Crippen molar-refractivity contribution in [1.82, 2.24) is 19.4 Å². The molecule has 26 heavy (non-hydrogen) atoms. The zero-order valence-corrected chi connectivity index (χ0v) is 13.2. The van der Waals surface area contributed by atoms with Gasteiger partial charge in [0.2, 0.25) is 5.78 Å². The third-order valence-electron chi connectivity index (χ3n) is 3.67. The number of aromatic nitrogens is 4. The zero-order chi connectivity index (χ0) is 18.1. The summed E-state index contributed by atoms with van der Waals surface area (Å²) in [6.07, 6.45) is 7.24. The summed E-state index contributed by atoms with van der Waals surface area (Å²) in [6, 6.07) is 4.57. The molecule has 0 fully saturated rings. The Morgan fingerprint density at radius 1 is 0.962 bits per heavy atom. The topological polar surface area (TPSA) is 52.3 Å². The zero-order valence-electron chi connectivity index (χ0n) is 13.2. The van der Waals surface area contributed by atoms with E-state index in [9.17, 15) is 13.2 Å². The number of benzene rings is 1. The highest BCUT2D eigenvalue weighted by molar-refractivity contribution is 5.63. The van der Waals surface area contributed by atoms with Crippen LogP contribution in [0.1, 0.15) is 5.69 Å². The molecule has 3 aromatic heterocycles. The SMILES string of the molecule is Fc1cncc(OCc2cn3cc(-c4ccc(F)cc4F)cnc3n2)c1. The first-order valence-corrected chi connectivity index (χ1v) is 7.61. The minimum atomic E-state index is -0.673. The first-order valence-electron chi connectivity index (χ1n) is 7.61. The second-order valence-electron chi connectivity index (χ2n) is 5.53. The molecule has 0 bridgehead atoms. The van der Waals surface area contributed by atoms with Gasteiger partial charge in [-0.1, -0.05) is 0 Å². The fourth-order valence-electron chi connectivity index (χ4n) is 2.50. The standard InChI is InChI=1S/C18H11F3N4O/c19-12-1-2-16(17(21)4-12)11-5-23-18-24-14(9-25(18)8-11)10-26-15-3-13(20)6-22-7-15/h1-9H,10H2.